The van der Waals surface area contributed by atoms with Crippen LogP contribution in [0.2, 0.25) is 0 Å². The maximum absolute atomic E-state index is 5.65. The average molecular weight is 214 g/mol. The van der Waals surface area contributed by atoms with Crippen molar-refractivity contribution in [1.82, 2.24) is 10.2 Å². The molecular formula is C12H26N2O. The lowest BCUT2D eigenvalue weighted by Crippen LogP contribution is -2.39. The maximum atomic E-state index is 5.65. The minimum atomic E-state index is 0.397. The smallest absolute Gasteiger partial charge is 0.0673 e. The molecule has 0 saturated carbocycles. The van der Waals surface area contributed by atoms with Crippen molar-refractivity contribution in [3.63, 3.8) is 0 Å². The summed E-state index contributed by atoms with van der Waals surface area (Å²) in [6.07, 6.45) is 2.81. The number of nitrogens with one attached hydrogen (secondary N) is 1. The third kappa shape index (κ3) is 4.96. The lowest BCUT2D eigenvalue weighted by atomic mass is 10.2. The molecule has 90 valence electrons. The molecule has 0 aromatic carbocycles. The summed E-state index contributed by atoms with van der Waals surface area (Å²) in [5.74, 6) is 0. The fourth-order valence-corrected chi connectivity index (χ4v) is 2.10. The Hall–Kier alpha value is -0.120. The number of hydrogen-bond donors (Lipinski definition) is 1. The van der Waals surface area contributed by atoms with Gasteiger partial charge in [0.25, 0.3) is 0 Å². The predicted octanol–water partition coefficient (Wildman–Crippen LogP) is 1.49. The number of hydrogen-bond acceptors (Lipinski definition) is 3. The van der Waals surface area contributed by atoms with Crippen LogP contribution in [0.1, 0.15) is 33.6 Å². The van der Waals surface area contributed by atoms with Crippen LogP contribution in [0.15, 0.2) is 0 Å². The summed E-state index contributed by atoms with van der Waals surface area (Å²) in [4.78, 5) is 2.56. The molecule has 2 unspecified atom stereocenters. The van der Waals surface area contributed by atoms with Crippen molar-refractivity contribution >= 4 is 0 Å². The van der Waals surface area contributed by atoms with Crippen LogP contribution in [0, 0.1) is 0 Å². The van der Waals surface area contributed by atoms with E-state index in [0.717, 1.165) is 26.2 Å². The molecule has 0 radical (unpaired) electrons. The second-order valence-corrected chi connectivity index (χ2v) is 4.52. The van der Waals surface area contributed by atoms with Gasteiger partial charge in [-0.05, 0) is 39.8 Å². The predicted molar refractivity (Wildman–Crippen MR) is 64.2 cm³/mol. The second kappa shape index (κ2) is 7.20. The van der Waals surface area contributed by atoms with E-state index in [1.54, 1.807) is 0 Å². The normalized spacial score (nSPS) is 26.2. The van der Waals surface area contributed by atoms with E-state index in [1.807, 2.05) is 0 Å². The van der Waals surface area contributed by atoms with Crippen molar-refractivity contribution in [3.8, 4) is 0 Å². The van der Waals surface area contributed by atoms with Gasteiger partial charge in [0.1, 0.15) is 0 Å². The third-order valence-corrected chi connectivity index (χ3v) is 3.10. The molecule has 3 heteroatoms. The van der Waals surface area contributed by atoms with E-state index >= 15 is 0 Å². The van der Waals surface area contributed by atoms with Gasteiger partial charge in [0.15, 0.2) is 0 Å². The molecule has 0 aromatic heterocycles. The highest BCUT2D eigenvalue weighted by Gasteiger charge is 2.19. The summed E-state index contributed by atoms with van der Waals surface area (Å²) in [5, 5.41) is 3.39. The standard InChI is InChI=1S/C12H26N2O/c1-4-13-7-6-11(2)14-8-5-9-15-12(3)10-14/h11-13H,4-10H2,1-3H3. The molecule has 3 nitrogen and oxygen atoms in total. The molecule has 0 aromatic rings. The zero-order chi connectivity index (χ0) is 11.1. The second-order valence-electron chi connectivity index (χ2n) is 4.52. The van der Waals surface area contributed by atoms with Crippen molar-refractivity contribution < 1.29 is 4.74 Å². The molecule has 0 bridgehead atoms. The first-order valence-electron chi connectivity index (χ1n) is 6.30. The molecule has 1 saturated heterocycles. The van der Waals surface area contributed by atoms with Crippen molar-refractivity contribution in [3.05, 3.63) is 0 Å². The Morgan fingerprint density at radius 2 is 2.33 bits per heavy atom. The molecule has 1 aliphatic heterocycles. The lowest BCUT2D eigenvalue weighted by Gasteiger charge is -2.28. The molecular weight excluding hydrogens is 188 g/mol. The Bertz CT molecular complexity index is 164. The van der Waals surface area contributed by atoms with Crippen molar-refractivity contribution in [2.75, 3.05) is 32.8 Å². The highest BCUT2D eigenvalue weighted by Crippen LogP contribution is 2.10. The molecule has 1 fully saturated rings. The topological polar surface area (TPSA) is 24.5 Å². The first-order valence-corrected chi connectivity index (χ1v) is 6.30. The fourth-order valence-electron chi connectivity index (χ4n) is 2.10. The molecule has 1 N–H and O–H groups in total. The van der Waals surface area contributed by atoms with E-state index in [4.69, 9.17) is 4.74 Å². The zero-order valence-corrected chi connectivity index (χ0v) is 10.5. The van der Waals surface area contributed by atoms with Crippen LogP contribution in [0.3, 0.4) is 0 Å². The van der Waals surface area contributed by atoms with Crippen LogP contribution in [-0.4, -0.2) is 49.8 Å². The number of nitrogens with zero attached hydrogens (tertiary/aromatic N) is 1. The molecule has 0 amide bonds. The van der Waals surface area contributed by atoms with E-state index in [2.05, 4.69) is 31.0 Å². The minimum absolute atomic E-state index is 0.397. The maximum Gasteiger partial charge on any atom is 0.0673 e. The van der Waals surface area contributed by atoms with Gasteiger partial charge in [-0.3, -0.25) is 4.90 Å². The summed E-state index contributed by atoms with van der Waals surface area (Å²) < 4.78 is 5.65. The van der Waals surface area contributed by atoms with Crippen LogP contribution < -0.4 is 5.32 Å². The fraction of sp³-hybridized carbons (Fsp3) is 1.00. The monoisotopic (exact) mass is 214 g/mol. The van der Waals surface area contributed by atoms with E-state index in [0.29, 0.717) is 12.1 Å². The van der Waals surface area contributed by atoms with Crippen LogP contribution in [-0.2, 0) is 4.74 Å². The molecule has 0 aliphatic carbocycles. The highest BCUT2D eigenvalue weighted by atomic mass is 16.5. The summed E-state index contributed by atoms with van der Waals surface area (Å²) in [6.45, 7) is 12.1. The van der Waals surface area contributed by atoms with Gasteiger partial charge in [-0.1, -0.05) is 6.92 Å². The van der Waals surface area contributed by atoms with Gasteiger partial charge in [0, 0.05) is 25.7 Å². The Kier molecular flexibility index (Phi) is 6.22. The van der Waals surface area contributed by atoms with Gasteiger partial charge in [0.2, 0.25) is 0 Å². The molecule has 1 rings (SSSR count). The lowest BCUT2D eigenvalue weighted by molar-refractivity contribution is 0.0613. The SMILES string of the molecule is CCNCCC(C)N1CCCOC(C)C1. The summed E-state index contributed by atoms with van der Waals surface area (Å²) in [5.41, 5.74) is 0. The Balaban J connectivity index is 2.26. The Labute approximate surface area is 94.2 Å². The highest BCUT2D eigenvalue weighted by molar-refractivity contribution is 4.73. The van der Waals surface area contributed by atoms with Gasteiger partial charge in [-0.25, -0.2) is 0 Å². The Morgan fingerprint density at radius 1 is 1.53 bits per heavy atom. The van der Waals surface area contributed by atoms with Crippen molar-refractivity contribution in [1.29, 1.82) is 0 Å². The summed E-state index contributed by atoms with van der Waals surface area (Å²) in [7, 11) is 0. The molecule has 15 heavy (non-hydrogen) atoms. The van der Waals surface area contributed by atoms with E-state index < -0.39 is 0 Å². The van der Waals surface area contributed by atoms with Crippen LogP contribution in [0.5, 0.6) is 0 Å². The largest absolute Gasteiger partial charge is 0.377 e. The van der Waals surface area contributed by atoms with Crippen molar-refractivity contribution in [2.24, 2.45) is 0 Å². The minimum Gasteiger partial charge on any atom is -0.377 e. The third-order valence-electron chi connectivity index (χ3n) is 3.10. The summed E-state index contributed by atoms with van der Waals surface area (Å²) >= 11 is 0. The van der Waals surface area contributed by atoms with Gasteiger partial charge < -0.3 is 10.1 Å². The van der Waals surface area contributed by atoms with Gasteiger partial charge >= 0.3 is 0 Å². The van der Waals surface area contributed by atoms with E-state index in [-0.39, 0.29) is 0 Å². The average Bonchev–Trinajstić information content (AvgIpc) is 2.43. The van der Waals surface area contributed by atoms with E-state index in [9.17, 15) is 0 Å². The molecule has 2 atom stereocenters. The molecule has 1 heterocycles. The van der Waals surface area contributed by atoms with Gasteiger partial charge in [0.05, 0.1) is 6.10 Å². The number of ether oxygens (including phenoxy) is 1. The van der Waals surface area contributed by atoms with Crippen LogP contribution in [0.4, 0.5) is 0 Å². The molecule has 0 spiro atoms. The summed E-state index contributed by atoms with van der Waals surface area (Å²) in [6, 6.07) is 0.674. The quantitative estimate of drug-likeness (QED) is 0.702. The first-order chi connectivity index (χ1) is 7.24. The number of rotatable bonds is 5. The van der Waals surface area contributed by atoms with Crippen LogP contribution in [0.25, 0.3) is 0 Å². The Morgan fingerprint density at radius 3 is 3.07 bits per heavy atom. The van der Waals surface area contributed by atoms with Gasteiger partial charge in [-0.2, -0.15) is 0 Å². The zero-order valence-electron chi connectivity index (χ0n) is 10.5. The first kappa shape index (κ1) is 12.9. The molecule has 1 aliphatic rings. The van der Waals surface area contributed by atoms with E-state index in [1.165, 1.54) is 19.4 Å². The van der Waals surface area contributed by atoms with Crippen molar-refractivity contribution in [2.45, 2.75) is 45.8 Å². The van der Waals surface area contributed by atoms with Crippen LogP contribution >= 0.6 is 0 Å². The van der Waals surface area contributed by atoms with Gasteiger partial charge in [-0.15, -0.1) is 0 Å².